The van der Waals surface area contributed by atoms with E-state index in [2.05, 4.69) is 5.32 Å². The van der Waals surface area contributed by atoms with Crippen LogP contribution < -0.4 is 15.0 Å². The number of nitrogens with one attached hydrogen (secondary N) is 1. The molecule has 5 nitrogen and oxygen atoms in total. The summed E-state index contributed by atoms with van der Waals surface area (Å²) < 4.78 is 5.51. The zero-order chi connectivity index (χ0) is 16.9. The van der Waals surface area contributed by atoms with Crippen molar-refractivity contribution in [2.24, 2.45) is 0 Å². The monoisotopic (exact) mass is 342 g/mol. The molecule has 0 saturated carbocycles. The van der Waals surface area contributed by atoms with Gasteiger partial charge in [0.25, 0.3) is 0 Å². The summed E-state index contributed by atoms with van der Waals surface area (Å²) >= 11 is 1.50. The largest absolute Gasteiger partial charge is 0.492 e. The number of fused-ring (bicyclic) bond motifs is 1. The number of nitrogens with zero attached hydrogens (tertiary/aromatic N) is 1. The summed E-state index contributed by atoms with van der Waals surface area (Å²) in [5, 5.41) is 2.83. The molecule has 6 heteroatoms. The molecule has 0 spiro atoms. The highest BCUT2D eigenvalue weighted by Crippen LogP contribution is 2.34. The van der Waals surface area contributed by atoms with Crippen molar-refractivity contribution < 1.29 is 14.3 Å². The van der Waals surface area contributed by atoms with Crippen LogP contribution in [0.3, 0.4) is 0 Å². The number of anilines is 2. The molecule has 0 aliphatic carbocycles. The smallest absolute Gasteiger partial charge is 0.244 e. The Hall–Kier alpha value is -2.47. The maximum atomic E-state index is 12.4. The number of thioether (sulfide) groups is 1. The number of amides is 2. The molecule has 1 heterocycles. The van der Waals surface area contributed by atoms with Crippen molar-refractivity contribution in [1.82, 2.24) is 0 Å². The second-order valence-electron chi connectivity index (χ2n) is 5.21. The molecular weight excluding hydrogens is 324 g/mol. The zero-order valence-corrected chi connectivity index (χ0v) is 14.1. The number of rotatable bonds is 5. The third-order valence-corrected chi connectivity index (χ3v) is 4.62. The van der Waals surface area contributed by atoms with Crippen molar-refractivity contribution in [3.8, 4) is 5.75 Å². The quantitative estimate of drug-likeness (QED) is 0.907. The van der Waals surface area contributed by atoms with Gasteiger partial charge in [0.2, 0.25) is 11.8 Å². The molecular formula is C18H18N2O3S. The van der Waals surface area contributed by atoms with Gasteiger partial charge < -0.3 is 15.0 Å². The van der Waals surface area contributed by atoms with E-state index in [0.29, 0.717) is 23.8 Å². The lowest BCUT2D eigenvalue weighted by molar-refractivity contribution is -0.120. The molecule has 0 radical (unpaired) electrons. The minimum atomic E-state index is -0.253. The van der Waals surface area contributed by atoms with Gasteiger partial charge in [0.15, 0.2) is 0 Å². The van der Waals surface area contributed by atoms with Gasteiger partial charge in [-0.2, -0.15) is 0 Å². The molecule has 2 aromatic carbocycles. The molecule has 0 saturated heterocycles. The van der Waals surface area contributed by atoms with E-state index in [-0.39, 0.29) is 18.4 Å². The van der Waals surface area contributed by atoms with Crippen LogP contribution in [0, 0.1) is 0 Å². The van der Waals surface area contributed by atoms with Gasteiger partial charge in [-0.1, -0.05) is 24.3 Å². The number of ether oxygens (including phenoxy) is 1. The lowest BCUT2D eigenvalue weighted by Crippen LogP contribution is -2.41. The molecule has 3 rings (SSSR count). The van der Waals surface area contributed by atoms with Crippen LogP contribution in [-0.4, -0.2) is 30.7 Å². The van der Waals surface area contributed by atoms with Crippen LogP contribution in [-0.2, 0) is 9.59 Å². The molecule has 0 unspecified atom stereocenters. The van der Waals surface area contributed by atoms with Gasteiger partial charge in [0.1, 0.15) is 12.3 Å². The summed E-state index contributed by atoms with van der Waals surface area (Å²) in [7, 11) is 0. The minimum Gasteiger partial charge on any atom is -0.492 e. The van der Waals surface area contributed by atoms with Gasteiger partial charge in [-0.25, -0.2) is 0 Å². The van der Waals surface area contributed by atoms with Crippen LogP contribution in [0.2, 0.25) is 0 Å². The fourth-order valence-corrected chi connectivity index (χ4v) is 3.45. The van der Waals surface area contributed by atoms with Crippen molar-refractivity contribution in [1.29, 1.82) is 0 Å². The van der Waals surface area contributed by atoms with Crippen molar-refractivity contribution in [2.45, 2.75) is 11.8 Å². The maximum absolute atomic E-state index is 12.4. The number of carbonyl (C=O) groups excluding carboxylic acids is 2. The lowest BCUT2D eigenvalue weighted by Gasteiger charge is -2.28. The van der Waals surface area contributed by atoms with Crippen LogP contribution in [0.25, 0.3) is 0 Å². The lowest BCUT2D eigenvalue weighted by atomic mass is 10.2. The summed E-state index contributed by atoms with van der Waals surface area (Å²) in [5.41, 5.74) is 1.39. The number of para-hydroxylation sites is 3. The van der Waals surface area contributed by atoms with Crippen molar-refractivity contribution in [3.63, 3.8) is 0 Å². The highest BCUT2D eigenvalue weighted by molar-refractivity contribution is 8.00. The highest BCUT2D eigenvalue weighted by atomic mass is 32.2. The van der Waals surface area contributed by atoms with Crippen LogP contribution >= 0.6 is 11.8 Å². The standard InChI is InChI=1S/C18H18N2O3S/c1-2-23-15-9-5-3-7-13(15)19-17(21)11-20-14-8-4-6-10-16(14)24-12-18(20)22/h3-10H,2,11-12H2,1H3,(H,19,21). The molecule has 124 valence electrons. The Morgan fingerprint density at radius 1 is 1.21 bits per heavy atom. The van der Waals surface area contributed by atoms with E-state index in [1.807, 2.05) is 43.3 Å². The van der Waals surface area contributed by atoms with E-state index < -0.39 is 0 Å². The first kappa shape index (κ1) is 16.4. The predicted molar refractivity (Wildman–Crippen MR) is 95.8 cm³/mol. The van der Waals surface area contributed by atoms with Gasteiger partial charge in [-0.05, 0) is 31.2 Å². The molecule has 0 aromatic heterocycles. The van der Waals surface area contributed by atoms with E-state index in [1.54, 1.807) is 12.1 Å². The molecule has 1 N–H and O–H groups in total. The highest BCUT2D eigenvalue weighted by Gasteiger charge is 2.26. The molecule has 0 bridgehead atoms. The van der Waals surface area contributed by atoms with Crippen LogP contribution in [0.4, 0.5) is 11.4 Å². The Morgan fingerprint density at radius 3 is 2.79 bits per heavy atom. The second kappa shape index (κ2) is 7.40. The summed E-state index contributed by atoms with van der Waals surface area (Å²) in [4.78, 5) is 27.2. The summed E-state index contributed by atoms with van der Waals surface area (Å²) in [6.07, 6.45) is 0. The Morgan fingerprint density at radius 2 is 1.96 bits per heavy atom. The molecule has 1 aliphatic heterocycles. The summed E-state index contributed by atoms with van der Waals surface area (Å²) in [5.74, 6) is 0.651. The topological polar surface area (TPSA) is 58.6 Å². The Bertz CT molecular complexity index is 763. The Balaban J connectivity index is 1.75. The van der Waals surface area contributed by atoms with Gasteiger partial charge in [0, 0.05) is 4.90 Å². The van der Waals surface area contributed by atoms with E-state index >= 15 is 0 Å². The average molecular weight is 342 g/mol. The van der Waals surface area contributed by atoms with Crippen molar-refractivity contribution in [3.05, 3.63) is 48.5 Å². The fraction of sp³-hybridized carbons (Fsp3) is 0.222. The Labute approximate surface area is 145 Å². The van der Waals surface area contributed by atoms with Gasteiger partial charge in [0.05, 0.1) is 23.7 Å². The van der Waals surface area contributed by atoms with E-state index in [9.17, 15) is 9.59 Å². The van der Waals surface area contributed by atoms with E-state index in [4.69, 9.17) is 4.74 Å². The van der Waals surface area contributed by atoms with Crippen LogP contribution in [0.1, 0.15) is 6.92 Å². The summed E-state index contributed by atoms with van der Waals surface area (Å²) in [6, 6.07) is 14.9. The Kier molecular flexibility index (Phi) is 5.05. The molecule has 24 heavy (non-hydrogen) atoms. The molecule has 1 aliphatic rings. The average Bonchev–Trinajstić information content (AvgIpc) is 2.59. The maximum Gasteiger partial charge on any atom is 0.244 e. The van der Waals surface area contributed by atoms with Crippen molar-refractivity contribution >= 4 is 35.0 Å². The second-order valence-corrected chi connectivity index (χ2v) is 6.23. The molecule has 0 atom stereocenters. The van der Waals surface area contributed by atoms with Crippen molar-refractivity contribution in [2.75, 3.05) is 29.1 Å². The number of hydrogen-bond acceptors (Lipinski definition) is 4. The van der Waals surface area contributed by atoms with Crippen LogP contribution in [0.15, 0.2) is 53.4 Å². The molecule has 2 aromatic rings. The third kappa shape index (κ3) is 3.54. The van der Waals surface area contributed by atoms with Gasteiger partial charge in [-0.3, -0.25) is 9.59 Å². The zero-order valence-electron chi connectivity index (χ0n) is 13.3. The minimum absolute atomic E-state index is 0.0170. The third-order valence-electron chi connectivity index (χ3n) is 3.57. The first-order chi connectivity index (χ1) is 11.7. The van der Waals surface area contributed by atoms with E-state index in [0.717, 1.165) is 10.6 Å². The normalized spacial score (nSPS) is 13.4. The summed E-state index contributed by atoms with van der Waals surface area (Å²) in [6.45, 7) is 2.39. The first-order valence-corrected chi connectivity index (χ1v) is 8.71. The van der Waals surface area contributed by atoms with Gasteiger partial charge >= 0.3 is 0 Å². The van der Waals surface area contributed by atoms with E-state index in [1.165, 1.54) is 16.7 Å². The number of benzene rings is 2. The number of carbonyl (C=O) groups is 2. The molecule has 2 amide bonds. The molecule has 0 fully saturated rings. The fourth-order valence-electron chi connectivity index (χ4n) is 2.51. The SMILES string of the molecule is CCOc1ccccc1NC(=O)CN1C(=O)CSc2ccccc21. The number of hydrogen-bond donors (Lipinski definition) is 1. The predicted octanol–water partition coefficient (Wildman–Crippen LogP) is 3.16. The van der Waals surface area contributed by atoms with Gasteiger partial charge in [-0.15, -0.1) is 11.8 Å². The first-order valence-electron chi connectivity index (χ1n) is 7.73. The van der Waals surface area contributed by atoms with Crippen LogP contribution in [0.5, 0.6) is 5.75 Å².